The Morgan fingerprint density at radius 3 is 1.68 bits per heavy atom. The fraction of sp³-hybridized carbons (Fsp3) is 0.0943. The van der Waals surface area contributed by atoms with Crippen molar-refractivity contribution in [3.63, 3.8) is 0 Å². The van der Waals surface area contributed by atoms with E-state index in [4.69, 9.17) is 0 Å². The normalized spacial score (nSPS) is 14.1. The van der Waals surface area contributed by atoms with Crippen molar-refractivity contribution in [3.8, 4) is 16.8 Å². The first-order valence-corrected chi connectivity index (χ1v) is 19.9. The van der Waals surface area contributed by atoms with Crippen LogP contribution in [0, 0.1) is 27.7 Å². The van der Waals surface area contributed by atoms with Crippen LogP contribution in [-0.4, -0.2) is 11.3 Å². The predicted molar refractivity (Wildman–Crippen MR) is 236 cm³/mol. The van der Waals surface area contributed by atoms with Gasteiger partial charge in [0.1, 0.15) is 0 Å². The third-order valence-corrected chi connectivity index (χ3v) is 13.1. The summed E-state index contributed by atoms with van der Waals surface area (Å²) in [4.78, 5) is 2.60. The second-order valence-corrected chi connectivity index (χ2v) is 16.3. The molecule has 3 heteroatoms. The van der Waals surface area contributed by atoms with Crippen molar-refractivity contribution in [1.29, 1.82) is 0 Å². The number of rotatable bonds is 2. The van der Waals surface area contributed by atoms with Crippen molar-refractivity contribution in [2.45, 2.75) is 33.1 Å². The summed E-state index contributed by atoms with van der Waals surface area (Å²) in [6.07, 6.45) is 0. The molecule has 1 aliphatic carbocycles. The lowest BCUT2D eigenvalue weighted by atomic mass is 9.34. The molecule has 2 nitrogen and oxygen atoms in total. The highest BCUT2D eigenvalue weighted by Gasteiger charge is 2.53. The molecule has 1 spiro atoms. The van der Waals surface area contributed by atoms with E-state index in [9.17, 15) is 0 Å². The van der Waals surface area contributed by atoms with E-state index in [2.05, 4.69) is 201 Å². The van der Waals surface area contributed by atoms with Crippen molar-refractivity contribution >= 4 is 62.0 Å². The second kappa shape index (κ2) is 11.2. The first-order valence-electron chi connectivity index (χ1n) is 19.9. The molecule has 12 rings (SSSR count). The monoisotopic (exact) mass is 714 g/mol. The third-order valence-electron chi connectivity index (χ3n) is 13.1. The number of anilines is 3. The molecule has 56 heavy (non-hydrogen) atoms. The summed E-state index contributed by atoms with van der Waals surface area (Å²) in [6, 6.07) is 62.4. The smallest absolute Gasteiger partial charge is 0.246 e. The number of hydrogen-bond donors (Lipinski definition) is 0. The minimum absolute atomic E-state index is 0.0336. The van der Waals surface area contributed by atoms with Gasteiger partial charge in [0.15, 0.2) is 0 Å². The molecule has 0 bridgehead atoms. The zero-order chi connectivity index (χ0) is 37.4. The van der Waals surface area contributed by atoms with Crippen LogP contribution in [0.4, 0.5) is 17.1 Å². The molecule has 0 saturated carbocycles. The van der Waals surface area contributed by atoms with Gasteiger partial charge in [0.05, 0.1) is 22.1 Å². The lowest BCUT2D eigenvalue weighted by molar-refractivity contribution is 0.753. The molecule has 0 fully saturated rings. The van der Waals surface area contributed by atoms with Crippen molar-refractivity contribution in [1.82, 2.24) is 4.57 Å². The minimum atomic E-state index is -0.446. The summed E-state index contributed by atoms with van der Waals surface area (Å²) in [5.74, 6) is 0. The number of para-hydroxylation sites is 2. The predicted octanol–water partition coefficient (Wildman–Crippen LogP) is 11.0. The van der Waals surface area contributed by atoms with Crippen LogP contribution in [0.1, 0.15) is 44.5 Å². The van der Waals surface area contributed by atoms with Crippen LogP contribution in [0.3, 0.4) is 0 Å². The number of benzene rings is 8. The molecule has 1 aromatic heterocycles. The van der Waals surface area contributed by atoms with E-state index < -0.39 is 5.41 Å². The molecular formula is C53H39BN2. The maximum Gasteiger partial charge on any atom is 0.246 e. The van der Waals surface area contributed by atoms with Gasteiger partial charge < -0.3 is 9.47 Å². The van der Waals surface area contributed by atoms with Gasteiger partial charge in [-0.1, -0.05) is 144 Å². The highest BCUT2D eigenvalue weighted by atomic mass is 15.2. The first kappa shape index (κ1) is 31.7. The Morgan fingerprint density at radius 2 is 1.02 bits per heavy atom. The van der Waals surface area contributed by atoms with E-state index in [1.807, 2.05) is 0 Å². The van der Waals surface area contributed by atoms with Crippen LogP contribution in [0.2, 0.25) is 0 Å². The molecule has 8 aromatic carbocycles. The number of hydrogen-bond acceptors (Lipinski definition) is 1. The Balaban J connectivity index is 1.19. The standard InChI is InChI=1S/C53H39BN2/c1-32-27-34(3)50-40(29-32)41-30-33(2)28-35(4)51(41)55(50)37-25-26-49-47(31-37)54(36-15-6-5-7-16-36)46-23-14-22-45-52(46)56(49)48-24-13-12-21-44(48)53(45)42-19-10-8-17-38(42)39-18-9-11-20-43(39)53/h5-31H,1-4H3. The molecule has 0 saturated heterocycles. The first-order chi connectivity index (χ1) is 27.4. The van der Waals surface area contributed by atoms with Gasteiger partial charge in [0, 0.05) is 27.8 Å². The van der Waals surface area contributed by atoms with Crippen LogP contribution in [-0.2, 0) is 5.41 Å². The van der Waals surface area contributed by atoms with Gasteiger partial charge in [-0.05, 0) is 120 Å². The van der Waals surface area contributed by atoms with Crippen LogP contribution < -0.4 is 21.3 Å². The minimum Gasteiger partial charge on any atom is -0.311 e. The highest BCUT2D eigenvalue weighted by molar-refractivity contribution is 6.98. The summed E-state index contributed by atoms with van der Waals surface area (Å²) >= 11 is 0. The van der Waals surface area contributed by atoms with Crippen LogP contribution in [0.25, 0.3) is 38.6 Å². The van der Waals surface area contributed by atoms with E-state index in [1.165, 1.54) is 117 Å². The average Bonchev–Trinajstić information content (AvgIpc) is 3.71. The maximum atomic E-state index is 2.60. The molecule has 0 unspecified atom stereocenters. The molecule has 264 valence electrons. The lowest BCUT2D eigenvalue weighted by Gasteiger charge is -2.49. The molecule has 2 aliphatic heterocycles. The van der Waals surface area contributed by atoms with Gasteiger partial charge in [0.25, 0.3) is 0 Å². The number of nitrogens with zero attached hydrogens (tertiary/aromatic N) is 2. The maximum absolute atomic E-state index is 2.60. The summed E-state index contributed by atoms with van der Waals surface area (Å²) in [6.45, 7) is 9.02. The molecule has 0 N–H and O–H groups in total. The Kier molecular flexibility index (Phi) is 6.37. The molecular weight excluding hydrogens is 675 g/mol. The molecule has 3 aliphatic rings. The fourth-order valence-electron chi connectivity index (χ4n) is 11.2. The highest BCUT2D eigenvalue weighted by Crippen LogP contribution is 2.63. The zero-order valence-electron chi connectivity index (χ0n) is 32.1. The van der Waals surface area contributed by atoms with Crippen molar-refractivity contribution in [3.05, 3.63) is 208 Å². The Bertz CT molecular complexity index is 3040. The van der Waals surface area contributed by atoms with E-state index in [0.717, 1.165) is 0 Å². The van der Waals surface area contributed by atoms with Crippen molar-refractivity contribution in [2.75, 3.05) is 4.90 Å². The third kappa shape index (κ3) is 3.92. The summed E-state index contributed by atoms with van der Waals surface area (Å²) < 4.78 is 2.55. The summed E-state index contributed by atoms with van der Waals surface area (Å²) in [5.41, 5.74) is 24.3. The van der Waals surface area contributed by atoms with Gasteiger partial charge in [-0.25, -0.2) is 0 Å². The van der Waals surface area contributed by atoms with Crippen molar-refractivity contribution < 1.29 is 0 Å². The van der Waals surface area contributed by atoms with E-state index >= 15 is 0 Å². The van der Waals surface area contributed by atoms with Crippen molar-refractivity contribution in [2.24, 2.45) is 0 Å². The number of aryl methyl sites for hydroxylation is 4. The SMILES string of the molecule is Cc1cc(C)c2c(c1)c1cc(C)cc(C)c1n2-c1ccc2c(c1)B(c1ccccc1)c1cccc3c1N2c1ccccc1C31c2ccccc2-c2ccccc21. The van der Waals surface area contributed by atoms with Crippen LogP contribution >= 0.6 is 0 Å². The van der Waals surface area contributed by atoms with Crippen LogP contribution in [0.5, 0.6) is 0 Å². The zero-order valence-corrected chi connectivity index (χ0v) is 32.1. The summed E-state index contributed by atoms with van der Waals surface area (Å²) in [7, 11) is 0. The van der Waals surface area contributed by atoms with Gasteiger partial charge >= 0.3 is 0 Å². The Hall–Kier alpha value is -6.58. The molecule has 9 aromatic rings. The van der Waals surface area contributed by atoms with Gasteiger partial charge in [-0.3, -0.25) is 0 Å². The van der Waals surface area contributed by atoms with Gasteiger partial charge in [0.2, 0.25) is 6.71 Å². The quantitative estimate of drug-likeness (QED) is 0.162. The molecule has 0 atom stereocenters. The summed E-state index contributed by atoms with van der Waals surface area (Å²) in [5, 5.41) is 2.65. The average molecular weight is 715 g/mol. The molecule has 0 radical (unpaired) electrons. The Labute approximate surface area is 328 Å². The number of aromatic nitrogens is 1. The lowest BCUT2D eigenvalue weighted by Crippen LogP contribution is -2.59. The van der Waals surface area contributed by atoms with E-state index in [0.29, 0.717) is 0 Å². The second-order valence-electron chi connectivity index (χ2n) is 16.3. The Morgan fingerprint density at radius 1 is 0.446 bits per heavy atom. The van der Waals surface area contributed by atoms with Gasteiger partial charge in [-0.15, -0.1) is 0 Å². The molecule has 0 amide bonds. The van der Waals surface area contributed by atoms with Crippen LogP contribution in [0.15, 0.2) is 164 Å². The van der Waals surface area contributed by atoms with E-state index in [-0.39, 0.29) is 6.71 Å². The van der Waals surface area contributed by atoms with E-state index in [1.54, 1.807) is 0 Å². The topological polar surface area (TPSA) is 8.17 Å². The largest absolute Gasteiger partial charge is 0.311 e. The van der Waals surface area contributed by atoms with Gasteiger partial charge in [-0.2, -0.15) is 0 Å². The molecule has 3 heterocycles. The number of fused-ring (bicyclic) bond motifs is 14. The fourth-order valence-corrected chi connectivity index (χ4v) is 11.2.